The molecule has 1 unspecified atom stereocenters. The molecule has 0 bridgehead atoms. The van der Waals surface area contributed by atoms with Gasteiger partial charge in [0, 0.05) is 17.0 Å². The molecule has 0 aliphatic heterocycles. The second kappa shape index (κ2) is 8.51. The van der Waals surface area contributed by atoms with Gasteiger partial charge >= 0.3 is 6.18 Å². The van der Waals surface area contributed by atoms with Crippen molar-refractivity contribution in [2.45, 2.75) is 38.5 Å². The van der Waals surface area contributed by atoms with Gasteiger partial charge in [-0.3, -0.25) is 0 Å². The molecule has 160 valence electrons. The highest BCUT2D eigenvalue weighted by Crippen LogP contribution is 2.43. The van der Waals surface area contributed by atoms with E-state index in [4.69, 9.17) is 16.3 Å². The van der Waals surface area contributed by atoms with E-state index in [1.165, 1.54) is 31.2 Å². The number of hydrogen-bond acceptors (Lipinski definition) is 3. The van der Waals surface area contributed by atoms with E-state index in [0.717, 1.165) is 23.5 Å². The summed E-state index contributed by atoms with van der Waals surface area (Å²) in [4.78, 5) is 4.50. The fourth-order valence-electron chi connectivity index (χ4n) is 2.77. The van der Waals surface area contributed by atoms with Crippen LogP contribution in [-0.2, 0) is 6.18 Å². The van der Waals surface area contributed by atoms with Crippen LogP contribution >= 0.6 is 22.9 Å². The number of halogens is 6. The first kappa shape index (κ1) is 22.5. The third kappa shape index (κ3) is 4.92. The molecule has 1 aromatic heterocycles. The SMILES string of the molecule is CCC(F)(F)C(Oc1cccc(Cl)c1)c1sc(-c2ccc(C(F)(F)F)cc2)nc1C. The van der Waals surface area contributed by atoms with Gasteiger partial charge in [0.1, 0.15) is 10.8 Å². The molecule has 0 aliphatic rings. The van der Waals surface area contributed by atoms with Crippen LogP contribution in [0.2, 0.25) is 5.02 Å². The third-order valence-corrected chi connectivity index (χ3v) is 5.92. The van der Waals surface area contributed by atoms with Crippen LogP contribution in [0.25, 0.3) is 10.6 Å². The van der Waals surface area contributed by atoms with Crippen LogP contribution < -0.4 is 4.74 Å². The van der Waals surface area contributed by atoms with Crippen LogP contribution in [0.1, 0.15) is 35.6 Å². The third-order valence-electron chi connectivity index (χ3n) is 4.43. The van der Waals surface area contributed by atoms with Gasteiger partial charge in [0.2, 0.25) is 0 Å². The molecule has 0 saturated carbocycles. The van der Waals surface area contributed by atoms with Crippen molar-refractivity contribution in [2.24, 2.45) is 0 Å². The van der Waals surface area contributed by atoms with Gasteiger partial charge in [0.15, 0.2) is 6.10 Å². The van der Waals surface area contributed by atoms with Crippen molar-refractivity contribution >= 4 is 22.9 Å². The van der Waals surface area contributed by atoms with Crippen molar-refractivity contribution in [3.05, 3.63) is 69.7 Å². The smallest absolute Gasteiger partial charge is 0.416 e. The zero-order chi connectivity index (χ0) is 22.1. The monoisotopic (exact) mass is 461 g/mol. The number of rotatable bonds is 6. The van der Waals surface area contributed by atoms with Gasteiger partial charge in [0.05, 0.1) is 16.1 Å². The minimum atomic E-state index is -4.46. The summed E-state index contributed by atoms with van der Waals surface area (Å²) in [6, 6.07) is 10.6. The Kier molecular flexibility index (Phi) is 6.38. The van der Waals surface area contributed by atoms with Crippen LogP contribution in [0, 0.1) is 6.92 Å². The molecule has 3 rings (SSSR count). The van der Waals surface area contributed by atoms with Gasteiger partial charge in [-0.1, -0.05) is 36.7 Å². The predicted molar refractivity (Wildman–Crippen MR) is 107 cm³/mol. The number of alkyl halides is 5. The summed E-state index contributed by atoms with van der Waals surface area (Å²) < 4.78 is 73.5. The number of hydrogen-bond donors (Lipinski definition) is 0. The minimum Gasteiger partial charge on any atom is -0.478 e. The van der Waals surface area contributed by atoms with Crippen molar-refractivity contribution in [1.29, 1.82) is 0 Å². The number of ether oxygens (including phenoxy) is 1. The highest BCUT2D eigenvalue weighted by molar-refractivity contribution is 7.15. The Bertz CT molecular complexity index is 1020. The normalized spacial score (nSPS) is 13.3. The molecule has 0 spiro atoms. The first-order valence-electron chi connectivity index (χ1n) is 8.96. The summed E-state index contributed by atoms with van der Waals surface area (Å²) in [6.45, 7) is 2.92. The Balaban J connectivity index is 1.98. The molecule has 0 N–H and O–H groups in total. The Labute approximate surface area is 179 Å². The maximum absolute atomic E-state index is 14.8. The van der Waals surface area contributed by atoms with E-state index in [-0.39, 0.29) is 10.6 Å². The maximum atomic E-state index is 14.8. The largest absolute Gasteiger partial charge is 0.478 e. The summed E-state index contributed by atoms with van der Waals surface area (Å²) in [5.74, 6) is -3.01. The molecule has 9 heteroatoms. The average Bonchev–Trinajstić information content (AvgIpc) is 3.07. The molecular formula is C21H17ClF5NOS. The van der Waals surface area contributed by atoms with E-state index in [9.17, 15) is 22.0 Å². The van der Waals surface area contributed by atoms with Crippen molar-refractivity contribution in [3.63, 3.8) is 0 Å². The first-order valence-corrected chi connectivity index (χ1v) is 10.2. The van der Waals surface area contributed by atoms with Crippen LogP contribution in [-0.4, -0.2) is 10.9 Å². The summed E-state index contributed by atoms with van der Waals surface area (Å²) in [5, 5.41) is 0.681. The summed E-state index contributed by atoms with van der Waals surface area (Å²) >= 11 is 6.89. The number of benzene rings is 2. The standard InChI is InChI=1S/C21H17ClF5NOS/c1-3-20(23,24)18(29-16-6-4-5-15(22)11-16)17-12(2)28-19(30-17)13-7-9-14(10-8-13)21(25,26)27/h4-11,18H,3H2,1-2H3. The molecule has 0 fully saturated rings. The van der Waals surface area contributed by atoms with Gasteiger partial charge in [-0.25, -0.2) is 13.8 Å². The van der Waals surface area contributed by atoms with Crippen molar-refractivity contribution in [3.8, 4) is 16.3 Å². The molecule has 1 heterocycles. The quantitative estimate of drug-likeness (QED) is 0.347. The Morgan fingerprint density at radius 1 is 1.07 bits per heavy atom. The van der Waals surface area contributed by atoms with Gasteiger partial charge in [0.25, 0.3) is 5.92 Å². The molecule has 1 atom stereocenters. The number of thiazole rings is 1. The zero-order valence-corrected chi connectivity index (χ0v) is 17.5. The molecule has 2 nitrogen and oxygen atoms in total. The molecule has 0 amide bonds. The summed E-state index contributed by atoms with van der Waals surface area (Å²) in [7, 11) is 0. The fraction of sp³-hybridized carbons (Fsp3) is 0.286. The number of aromatic nitrogens is 1. The molecule has 3 aromatic rings. The molecule has 0 radical (unpaired) electrons. The van der Waals surface area contributed by atoms with Crippen molar-refractivity contribution in [2.75, 3.05) is 0 Å². The number of nitrogens with zero attached hydrogens (tertiary/aromatic N) is 1. The summed E-state index contributed by atoms with van der Waals surface area (Å²) in [6.07, 6.45) is -6.53. The van der Waals surface area contributed by atoms with Gasteiger partial charge < -0.3 is 4.74 Å². The lowest BCUT2D eigenvalue weighted by atomic mass is 10.1. The van der Waals surface area contributed by atoms with Gasteiger partial charge in [-0.05, 0) is 37.3 Å². The van der Waals surface area contributed by atoms with Crippen molar-refractivity contribution < 1.29 is 26.7 Å². The predicted octanol–water partition coefficient (Wildman–Crippen LogP) is 7.96. The molecular weight excluding hydrogens is 445 g/mol. The lowest BCUT2D eigenvalue weighted by Crippen LogP contribution is -2.30. The Hall–Kier alpha value is -2.19. The van der Waals surface area contributed by atoms with E-state index in [2.05, 4.69) is 4.98 Å². The van der Waals surface area contributed by atoms with E-state index in [1.54, 1.807) is 19.1 Å². The average molecular weight is 462 g/mol. The van der Waals surface area contributed by atoms with Crippen LogP contribution in [0.3, 0.4) is 0 Å². The second-order valence-corrected chi connectivity index (χ2v) is 8.08. The zero-order valence-electron chi connectivity index (χ0n) is 15.9. The van der Waals surface area contributed by atoms with E-state index in [1.807, 2.05) is 0 Å². The van der Waals surface area contributed by atoms with Crippen molar-refractivity contribution in [1.82, 2.24) is 4.98 Å². The first-order chi connectivity index (χ1) is 14.0. The minimum absolute atomic E-state index is 0.185. The topological polar surface area (TPSA) is 22.1 Å². The lowest BCUT2D eigenvalue weighted by molar-refractivity contribution is -0.137. The highest BCUT2D eigenvalue weighted by atomic mass is 35.5. The molecule has 2 aromatic carbocycles. The highest BCUT2D eigenvalue weighted by Gasteiger charge is 2.43. The van der Waals surface area contributed by atoms with Crippen LogP contribution in [0.15, 0.2) is 48.5 Å². The van der Waals surface area contributed by atoms with Gasteiger partial charge in [-0.2, -0.15) is 13.2 Å². The molecule has 30 heavy (non-hydrogen) atoms. The molecule has 0 aliphatic carbocycles. The lowest BCUT2D eigenvalue weighted by Gasteiger charge is -2.26. The van der Waals surface area contributed by atoms with Crippen LogP contribution in [0.5, 0.6) is 5.75 Å². The fourth-order valence-corrected chi connectivity index (χ4v) is 4.12. The Morgan fingerprint density at radius 3 is 2.30 bits per heavy atom. The van der Waals surface area contributed by atoms with E-state index < -0.39 is 30.2 Å². The number of aryl methyl sites for hydroxylation is 1. The van der Waals surface area contributed by atoms with Crippen LogP contribution in [0.4, 0.5) is 22.0 Å². The van der Waals surface area contributed by atoms with Gasteiger partial charge in [-0.15, -0.1) is 11.3 Å². The Morgan fingerprint density at radius 2 is 1.73 bits per heavy atom. The van der Waals surface area contributed by atoms with E-state index in [0.29, 0.717) is 21.3 Å². The second-order valence-electron chi connectivity index (χ2n) is 6.61. The van der Waals surface area contributed by atoms with E-state index >= 15 is 0 Å². The maximum Gasteiger partial charge on any atom is 0.416 e. The summed E-state index contributed by atoms with van der Waals surface area (Å²) in [5.41, 5.74) is -0.0573. The molecule has 0 saturated heterocycles.